The van der Waals surface area contributed by atoms with Gasteiger partial charge in [0, 0.05) is 0 Å². The lowest BCUT2D eigenvalue weighted by Gasteiger charge is -2.27. The van der Waals surface area contributed by atoms with E-state index in [0.29, 0.717) is 24.6 Å². The zero-order chi connectivity index (χ0) is 18.4. The molecule has 1 N–H and O–H groups in total. The molecule has 1 aliphatic rings. The van der Waals surface area contributed by atoms with Crippen molar-refractivity contribution < 1.29 is 19.3 Å². The van der Waals surface area contributed by atoms with E-state index in [-0.39, 0.29) is 18.0 Å². The summed E-state index contributed by atoms with van der Waals surface area (Å²) in [6, 6.07) is 7.07. The lowest BCUT2D eigenvalue weighted by molar-refractivity contribution is 0.162. The fourth-order valence-electron chi connectivity index (χ4n) is 2.86. The van der Waals surface area contributed by atoms with Crippen LogP contribution in [0.5, 0.6) is 5.75 Å². The Labute approximate surface area is 149 Å². The molecule has 1 aromatic carbocycles. The third-order valence-corrected chi connectivity index (χ3v) is 4.35. The van der Waals surface area contributed by atoms with E-state index in [2.05, 4.69) is 23.8 Å². The number of aliphatic imine (C=N–C) groups is 2. The van der Waals surface area contributed by atoms with Crippen LogP contribution < -0.4 is 4.74 Å². The van der Waals surface area contributed by atoms with Gasteiger partial charge in [-0.1, -0.05) is 26.0 Å². The van der Waals surface area contributed by atoms with E-state index in [4.69, 9.17) is 14.2 Å². The van der Waals surface area contributed by atoms with E-state index in [1.54, 1.807) is 21.3 Å². The standard InChI is InChI=1S/C19H28N2O4/c1-12(2)17-19(25-5)20-15(18(21-17)24-4)10-11-16(22)13-6-8-14(23-3)9-7-13/h6-9,12,15-17,22H,10-11H2,1-5H3/t15-,16+,17+/m0/s1. The van der Waals surface area contributed by atoms with Crippen molar-refractivity contribution in [1.82, 2.24) is 0 Å². The lowest BCUT2D eigenvalue weighted by Crippen LogP contribution is -2.37. The van der Waals surface area contributed by atoms with E-state index in [1.165, 1.54) is 0 Å². The molecule has 3 atom stereocenters. The maximum atomic E-state index is 10.4. The van der Waals surface area contributed by atoms with Crippen molar-refractivity contribution >= 4 is 11.8 Å². The molecule has 138 valence electrons. The normalized spacial score (nSPS) is 21.4. The zero-order valence-corrected chi connectivity index (χ0v) is 15.6. The summed E-state index contributed by atoms with van der Waals surface area (Å²) in [5.41, 5.74) is 0.850. The summed E-state index contributed by atoms with van der Waals surface area (Å²) in [6.07, 6.45) is 0.594. The molecule has 0 fully saturated rings. The second-order valence-corrected chi connectivity index (χ2v) is 6.41. The highest BCUT2D eigenvalue weighted by Crippen LogP contribution is 2.25. The topological polar surface area (TPSA) is 72.6 Å². The minimum absolute atomic E-state index is 0.122. The van der Waals surface area contributed by atoms with Gasteiger partial charge in [-0.25, -0.2) is 9.98 Å². The quantitative estimate of drug-likeness (QED) is 0.858. The summed E-state index contributed by atoms with van der Waals surface area (Å²) in [4.78, 5) is 9.30. The van der Waals surface area contributed by atoms with Crippen molar-refractivity contribution in [3.8, 4) is 5.75 Å². The van der Waals surface area contributed by atoms with Crippen molar-refractivity contribution in [1.29, 1.82) is 0 Å². The molecule has 0 unspecified atom stereocenters. The Morgan fingerprint density at radius 3 is 2.12 bits per heavy atom. The first-order chi connectivity index (χ1) is 12.0. The highest BCUT2D eigenvalue weighted by molar-refractivity contribution is 5.94. The molecular formula is C19H28N2O4. The highest BCUT2D eigenvalue weighted by Gasteiger charge is 2.31. The van der Waals surface area contributed by atoms with E-state index in [0.717, 1.165) is 11.3 Å². The second kappa shape index (κ2) is 8.85. The summed E-state index contributed by atoms with van der Waals surface area (Å²) < 4.78 is 16.0. The molecule has 1 heterocycles. The summed E-state index contributed by atoms with van der Waals surface area (Å²) in [5.74, 6) is 2.27. The molecule has 0 spiro atoms. The molecule has 0 amide bonds. The maximum Gasteiger partial charge on any atom is 0.209 e. The first kappa shape index (κ1) is 19.2. The van der Waals surface area contributed by atoms with Gasteiger partial charge in [-0.05, 0) is 36.5 Å². The summed E-state index contributed by atoms with van der Waals surface area (Å²) >= 11 is 0. The predicted octanol–water partition coefficient (Wildman–Crippen LogP) is 3.01. The van der Waals surface area contributed by atoms with Gasteiger partial charge in [-0.2, -0.15) is 0 Å². The lowest BCUT2D eigenvalue weighted by atomic mass is 9.99. The number of ether oxygens (including phenoxy) is 3. The molecule has 0 bridgehead atoms. The Morgan fingerprint density at radius 1 is 0.960 bits per heavy atom. The van der Waals surface area contributed by atoms with Gasteiger partial charge in [-0.3, -0.25) is 0 Å². The number of methoxy groups -OCH3 is 3. The minimum Gasteiger partial charge on any atom is -0.497 e. The average Bonchev–Trinajstić information content (AvgIpc) is 2.65. The van der Waals surface area contributed by atoms with Crippen LogP contribution in [-0.4, -0.2) is 50.3 Å². The van der Waals surface area contributed by atoms with Crippen LogP contribution >= 0.6 is 0 Å². The maximum absolute atomic E-state index is 10.4. The number of benzene rings is 1. The van der Waals surface area contributed by atoms with Crippen molar-refractivity contribution in [2.75, 3.05) is 21.3 Å². The van der Waals surface area contributed by atoms with Crippen LogP contribution in [0.2, 0.25) is 0 Å². The Kier molecular flexibility index (Phi) is 6.82. The van der Waals surface area contributed by atoms with Gasteiger partial charge in [0.1, 0.15) is 17.8 Å². The molecule has 6 nitrogen and oxygen atoms in total. The molecule has 1 aromatic rings. The molecule has 0 radical (unpaired) electrons. The van der Waals surface area contributed by atoms with Crippen molar-refractivity contribution in [2.24, 2.45) is 15.9 Å². The van der Waals surface area contributed by atoms with Gasteiger partial charge in [-0.15, -0.1) is 0 Å². The number of aliphatic hydroxyl groups is 1. The largest absolute Gasteiger partial charge is 0.497 e. The SMILES string of the molecule is COC1=N[C@H](C(C)C)C(OC)=N[C@H]1CC[C@@H](O)c1ccc(OC)cc1. The molecule has 0 aliphatic carbocycles. The number of aliphatic hydroxyl groups excluding tert-OH is 1. The van der Waals surface area contributed by atoms with E-state index < -0.39 is 6.10 Å². The zero-order valence-electron chi connectivity index (χ0n) is 15.6. The summed E-state index contributed by atoms with van der Waals surface area (Å²) in [7, 11) is 4.84. The Morgan fingerprint density at radius 2 is 1.60 bits per heavy atom. The van der Waals surface area contributed by atoms with E-state index in [9.17, 15) is 5.11 Å². The first-order valence-corrected chi connectivity index (χ1v) is 8.55. The second-order valence-electron chi connectivity index (χ2n) is 6.41. The van der Waals surface area contributed by atoms with Crippen LogP contribution in [0.15, 0.2) is 34.3 Å². The third kappa shape index (κ3) is 4.72. The minimum atomic E-state index is -0.576. The molecular weight excluding hydrogens is 320 g/mol. The van der Waals surface area contributed by atoms with Gasteiger partial charge in [0.15, 0.2) is 0 Å². The fourth-order valence-corrected chi connectivity index (χ4v) is 2.86. The number of nitrogens with zero attached hydrogens (tertiary/aromatic N) is 2. The van der Waals surface area contributed by atoms with E-state index >= 15 is 0 Å². The van der Waals surface area contributed by atoms with E-state index in [1.807, 2.05) is 24.3 Å². The first-order valence-electron chi connectivity index (χ1n) is 8.55. The van der Waals surface area contributed by atoms with Crippen LogP contribution in [0.3, 0.4) is 0 Å². The van der Waals surface area contributed by atoms with Crippen LogP contribution in [-0.2, 0) is 9.47 Å². The molecule has 0 saturated carbocycles. The molecule has 6 heteroatoms. The molecule has 0 aromatic heterocycles. The van der Waals surface area contributed by atoms with Crippen molar-refractivity contribution in [3.05, 3.63) is 29.8 Å². The highest BCUT2D eigenvalue weighted by atomic mass is 16.5. The Hall–Kier alpha value is -2.08. The summed E-state index contributed by atoms with van der Waals surface area (Å²) in [6.45, 7) is 4.15. The number of hydrogen-bond acceptors (Lipinski definition) is 6. The molecule has 25 heavy (non-hydrogen) atoms. The smallest absolute Gasteiger partial charge is 0.209 e. The number of rotatable bonds is 6. The Balaban J connectivity index is 2.04. The Bertz CT molecular complexity index is 610. The predicted molar refractivity (Wildman–Crippen MR) is 98.5 cm³/mol. The average molecular weight is 348 g/mol. The van der Waals surface area contributed by atoms with Crippen LogP contribution in [0, 0.1) is 5.92 Å². The van der Waals surface area contributed by atoms with Gasteiger partial charge in [0.25, 0.3) is 0 Å². The van der Waals surface area contributed by atoms with Crippen molar-refractivity contribution in [2.45, 2.75) is 44.9 Å². The molecule has 1 aliphatic heterocycles. The van der Waals surface area contributed by atoms with Crippen molar-refractivity contribution in [3.63, 3.8) is 0 Å². The third-order valence-electron chi connectivity index (χ3n) is 4.35. The molecule has 2 rings (SSSR count). The molecule has 0 saturated heterocycles. The van der Waals surface area contributed by atoms with Gasteiger partial charge in [0.05, 0.1) is 27.4 Å². The van der Waals surface area contributed by atoms with Crippen LogP contribution in [0.1, 0.15) is 38.4 Å². The van der Waals surface area contributed by atoms with Gasteiger partial charge < -0.3 is 19.3 Å². The number of hydrogen-bond donors (Lipinski definition) is 1. The van der Waals surface area contributed by atoms with Crippen LogP contribution in [0.25, 0.3) is 0 Å². The summed E-state index contributed by atoms with van der Waals surface area (Å²) in [5, 5.41) is 10.4. The fraction of sp³-hybridized carbons (Fsp3) is 0.579. The van der Waals surface area contributed by atoms with Gasteiger partial charge in [0.2, 0.25) is 11.8 Å². The monoisotopic (exact) mass is 348 g/mol. The van der Waals surface area contributed by atoms with Crippen LogP contribution in [0.4, 0.5) is 0 Å². The van der Waals surface area contributed by atoms with Gasteiger partial charge >= 0.3 is 0 Å².